The third-order valence-electron chi connectivity index (χ3n) is 5.18. The van der Waals surface area contributed by atoms with Crippen molar-refractivity contribution in [3.05, 3.63) is 34.3 Å². The molecule has 2 saturated carbocycles. The van der Waals surface area contributed by atoms with E-state index in [-0.39, 0.29) is 18.6 Å². The van der Waals surface area contributed by atoms with Crippen molar-refractivity contribution >= 4 is 17.0 Å². The van der Waals surface area contributed by atoms with Crippen LogP contribution in [0.25, 0.3) is 11.1 Å². The zero-order valence-electron chi connectivity index (χ0n) is 12.0. The van der Waals surface area contributed by atoms with E-state index in [4.69, 9.17) is 4.42 Å². The molecule has 116 valence electrons. The summed E-state index contributed by atoms with van der Waals surface area (Å²) in [5.41, 5.74) is 1.48. The van der Waals surface area contributed by atoms with Gasteiger partial charge in [-0.3, -0.25) is 9.78 Å². The number of benzene rings is 1. The van der Waals surface area contributed by atoms with Crippen LogP contribution in [0.2, 0.25) is 0 Å². The zero-order chi connectivity index (χ0) is 15.3. The number of H-pyrrole nitrogens is 1. The quantitative estimate of drug-likeness (QED) is 0.795. The molecule has 1 aromatic carbocycles. The fourth-order valence-corrected chi connectivity index (χ4v) is 4.22. The van der Waals surface area contributed by atoms with Crippen molar-refractivity contribution in [2.45, 2.75) is 25.3 Å². The molecule has 2 aliphatic carbocycles. The van der Waals surface area contributed by atoms with Crippen LogP contribution < -0.4 is 11.1 Å². The lowest BCUT2D eigenvalue weighted by Crippen LogP contribution is -2.42. The first-order chi connectivity index (χ1) is 10.6. The minimum atomic E-state index is -0.522. The fourth-order valence-electron chi connectivity index (χ4n) is 4.22. The Balaban J connectivity index is 1.52. The zero-order valence-corrected chi connectivity index (χ0v) is 12.0. The smallest absolute Gasteiger partial charge is 0.408 e. The summed E-state index contributed by atoms with van der Waals surface area (Å²) in [5, 5.41) is 12.5. The molecular formula is C16H18N2O4. The molecule has 2 aromatic rings. The van der Waals surface area contributed by atoms with Crippen LogP contribution in [-0.2, 0) is 0 Å². The normalized spacial score (nSPS) is 30.0. The summed E-state index contributed by atoms with van der Waals surface area (Å²) in [4.78, 5) is 26.1. The van der Waals surface area contributed by atoms with E-state index < -0.39 is 5.76 Å². The van der Waals surface area contributed by atoms with Crippen LogP contribution in [0.4, 0.5) is 0 Å². The van der Waals surface area contributed by atoms with Crippen molar-refractivity contribution in [3.8, 4) is 0 Å². The summed E-state index contributed by atoms with van der Waals surface area (Å²) in [6.07, 6.45) is 3.18. The van der Waals surface area contributed by atoms with Crippen molar-refractivity contribution in [1.29, 1.82) is 0 Å². The van der Waals surface area contributed by atoms with Crippen LogP contribution in [0.5, 0.6) is 0 Å². The van der Waals surface area contributed by atoms with E-state index in [9.17, 15) is 14.7 Å². The topological polar surface area (TPSA) is 95.3 Å². The molecule has 2 aliphatic rings. The van der Waals surface area contributed by atoms with Crippen LogP contribution >= 0.6 is 0 Å². The molecule has 3 N–H and O–H groups in total. The molecular weight excluding hydrogens is 284 g/mol. The minimum absolute atomic E-state index is 0.141. The number of nitrogens with one attached hydrogen (secondary N) is 2. The van der Waals surface area contributed by atoms with E-state index in [0.29, 0.717) is 34.4 Å². The van der Waals surface area contributed by atoms with Gasteiger partial charge in [-0.2, -0.15) is 0 Å². The number of aliphatic hydroxyl groups is 1. The van der Waals surface area contributed by atoms with Gasteiger partial charge in [-0.05, 0) is 55.2 Å². The van der Waals surface area contributed by atoms with Gasteiger partial charge in [0.2, 0.25) is 0 Å². The Kier molecular flexibility index (Phi) is 3.07. The average Bonchev–Trinajstić information content (AvgIpc) is 3.17. The Morgan fingerprint density at radius 2 is 2.23 bits per heavy atom. The Hall–Kier alpha value is -2.08. The predicted octanol–water partition coefficient (Wildman–Crippen LogP) is 1.26. The first-order valence-corrected chi connectivity index (χ1v) is 7.68. The maximum atomic E-state index is 12.4. The summed E-state index contributed by atoms with van der Waals surface area (Å²) in [5.74, 6) is 0.665. The summed E-state index contributed by atoms with van der Waals surface area (Å²) >= 11 is 0. The van der Waals surface area contributed by atoms with E-state index in [1.165, 1.54) is 0 Å². The van der Waals surface area contributed by atoms with E-state index in [1.807, 2.05) is 0 Å². The predicted molar refractivity (Wildman–Crippen MR) is 79.5 cm³/mol. The minimum Gasteiger partial charge on any atom is -0.408 e. The number of oxazole rings is 1. The number of fused-ring (bicyclic) bond motifs is 3. The van der Waals surface area contributed by atoms with Crippen LogP contribution in [0.1, 0.15) is 29.6 Å². The summed E-state index contributed by atoms with van der Waals surface area (Å²) < 4.78 is 4.93. The highest BCUT2D eigenvalue weighted by Gasteiger charge is 2.46. The van der Waals surface area contributed by atoms with Gasteiger partial charge in [0.15, 0.2) is 5.58 Å². The second-order valence-corrected chi connectivity index (χ2v) is 6.49. The molecule has 0 saturated heterocycles. The van der Waals surface area contributed by atoms with Crippen LogP contribution in [0.15, 0.2) is 27.4 Å². The number of aromatic amines is 1. The molecule has 2 fully saturated rings. The molecule has 0 radical (unpaired) electrons. The van der Waals surface area contributed by atoms with E-state index in [2.05, 4.69) is 10.3 Å². The molecule has 1 aromatic heterocycles. The average molecular weight is 302 g/mol. The monoisotopic (exact) mass is 302 g/mol. The van der Waals surface area contributed by atoms with Crippen molar-refractivity contribution in [2.75, 3.05) is 6.61 Å². The number of aliphatic hydroxyl groups excluding tert-OH is 1. The molecule has 1 heterocycles. The van der Waals surface area contributed by atoms with Gasteiger partial charge in [-0.25, -0.2) is 4.79 Å². The Bertz CT molecular complexity index is 778. The second-order valence-electron chi connectivity index (χ2n) is 6.49. The Morgan fingerprint density at radius 1 is 1.36 bits per heavy atom. The highest BCUT2D eigenvalue weighted by molar-refractivity contribution is 5.97. The molecule has 2 bridgehead atoms. The molecule has 4 rings (SSSR count). The first kappa shape index (κ1) is 13.6. The molecule has 22 heavy (non-hydrogen) atoms. The Labute approximate surface area is 126 Å². The molecule has 1 amide bonds. The van der Waals surface area contributed by atoms with Crippen molar-refractivity contribution in [1.82, 2.24) is 10.3 Å². The van der Waals surface area contributed by atoms with Crippen LogP contribution in [0.3, 0.4) is 0 Å². The standard InChI is InChI=1S/C16H18N2O4/c19-7-10-3-8-4-11(10)12(5-8)17-15(20)9-1-2-14-13(6-9)18-16(21)22-14/h1-2,6,8,10-12,19H,3-5,7H2,(H,17,20)(H,18,21)/t8?,10-,11?,12+/m0/s1. The van der Waals surface area contributed by atoms with E-state index >= 15 is 0 Å². The highest BCUT2D eigenvalue weighted by atomic mass is 16.4. The summed E-state index contributed by atoms with van der Waals surface area (Å²) in [6, 6.07) is 5.05. The molecule has 2 unspecified atom stereocenters. The van der Waals surface area contributed by atoms with Gasteiger partial charge in [0, 0.05) is 18.2 Å². The molecule has 4 atom stereocenters. The molecule has 0 spiro atoms. The van der Waals surface area contributed by atoms with E-state index in [1.54, 1.807) is 18.2 Å². The molecule has 6 nitrogen and oxygen atoms in total. The number of hydrogen-bond donors (Lipinski definition) is 3. The van der Waals surface area contributed by atoms with E-state index in [0.717, 1.165) is 19.3 Å². The number of rotatable bonds is 3. The number of hydrogen-bond acceptors (Lipinski definition) is 4. The lowest BCUT2D eigenvalue weighted by Gasteiger charge is -2.29. The van der Waals surface area contributed by atoms with Gasteiger partial charge < -0.3 is 14.8 Å². The summed E-state index contributed by atoms with van der Waals surface area (Å²) in [7, 11) is 0. The maximum absolute atomic E-state index is 12.4. The maximum Gasteiger partial charge on any atom is 0.417 e. The van der Waals surface area contributed by atoms with Gasteiger partial charge in [0.05, 0.1) is 5.52 Å². The van der Waals surface area contributed by atoms with Gasteiger partial charge in [0.25, 0.3) is 5.91 Å². The highest BCUT2D eigenvalue weighted by Crippen LogP contribution is 2.48. The van der Waals surface area contributed by atoms with Gasteiger partial charge in [-0.15, -0.1) is 0 Å². The fraction of sp³-hybridized carbons (Fsp3) is 0.500. The van der Waals surface area contributed by atoms with Gasteiger partial charge in [0.1, 0.15) is 0 Å². The second kappa shape index (κ2) is 4.98. The van der Waals surface area contributed by atoms with Gasteiger partial charge in [-0.1, -0.05) is 0 Å². The number of carbonyl (C=O) groups is 1. The number of aromatic nitrogens is 1. The largest absolute Gasteiger partial charge is 0.417 e. The third-order valence-corrected chi connectivity index (χ3v) is 5.18. The first-order valence-electron chi connectivity index (χ1n) is 7.68. The van der Waals surface area contributed by atoms with Crippen LogP contribution in [0, 0.1) is 17.8 Å². The lowest BCUT2D eigenvalue weighted by atomic mass is 9.85. The number of carbonyl (C=O) groups excluding carboxylic acids is 1. The summed E-state index contributed by atoms with van der Waals surface area (Å²) in [6.45, 7) is 0.204. The molecule has 0 aliphatic heterocycles. The van der Waals surface area contributed by atoms with Crippen LogP contribution in [-0.4, -0.2) is 28.6 Å². The number of amides is 1. The van der Waals surface area contributed by atoms with Crippen molar-refractivity contribution < 1.29 is 14.3 Å². The Morgan fingerprint density at radius 3 is 3.00 bits per heavy atom. The SMILES string of the molecule is O=C(N[C@@H]1CC2CC1[C@H](CO)C2)c1ccc2oc(=O)[nH]c2c1. The molecule has 6 heteroatoms. The van der Waals surface area contributed by atoms with Crippen molar-refractivity contribution in [3.63, 3.8) is 0 Å². The lowest BCUT2D eigenvalue weighted by molar-refractivity contribution is 0.0889. The van der Waals surface area contributed by atoms with Crippen molar-refractivity contribution in [2.24, 2.45) is 17.8 Å². The van der Waals surface area contributed by atoms with Gasteiger partial charge >= 0.3 is 5.76 Å². The third kappa shape index (κ3) is 2.14.